The molecule has 5 nitrogen and oxygen atoms in total. The molecule has 1 aliphatic heterocycles. The highest BCUT2D eigenvalue weighted by atomic mass is 35.5. The van der Waals surface area contributed by atoms with Crippen molar-refractivity contribution in [1.29, 1.82) is 0 Å². The molecule has 0 aliphatic carbocycles. The fourth-order valence-corrected chi connectivity index (χ4v) is 6.20. The minimum absolute atomic E-state index is 0.00447. The molecule has 0 atom stereocenters. The molecule has 6 rings (SSSR count). The third kappa shape index (κ3) is 6.43. The minimum Gasteiger partial charge on any atom is -0.508 e. The second kappa shape index (κ2) is 12.1. The molecule has 0 unspecified atom stereocenters. The number of ether oxygens (including phenoxy) is 1. The molecule has 0 amide bonds. The van der Waals surface area contributed by atoms with E-state index in [-0.39, 0.29) is 35.1 Å². The first-order chi connectivity index (χ1) is 21.1. The highest BCUT2D eigenvalue weighted by Gasteiger charge is 2.36. The number of hydrogen-bond acceptors (Lipinski definition) is 4. The molecule has 4 aromatic carbocycles. The van der Waals surface area contributed by atoms with Crippen LogP contribution in [0.25, 0.3) is 34.4 Å². The largest absolute Gasteiger partial charge is 0.508 e. The molecular weight excluding hydrogens is 570 g/mol. The fraction of sp³-hybridized carbons (Fsp3) is 0.184. The molecule has 1 aliphatic rings. The summed E-state index contributed by atoms with van der Waals surface area (Å²) in [6.45, 7) is 5.43. The van der Waals surface area contributed by atoms with Crippen LogP contribution in [0.4, 0.5) is 0 Å². The van der Waals surface area contributed by atoms with Gasteiger partial charge in [0.25, 0.3) is 0 Å². The van der Waals surface area contributed by atoms with Gasteiger partial charge in [-0.1, -0.05) is 92.2 Å². The molecular formula is C38H34ClNO4. The molecule has 0 saturated heterocycles. The number of carbonyl (C=O) groups excluding carboxylic acids is 1. The van der Waals surface area contributed by atoms with Gasteiger partial charge in [0, 0.05) is 40.1 Å². The summed E-state index contributed by atoms with van der Waals surface area (Å²) >= 11 is 6.27. The maximum atomic E-state index is 13.2. The lowest BCUT2D eigenvalue weighted by Crippen LogP contribution is -2.15. The summed E-state index contributed by atoms with van der Waals surface area (Å²) in [6, 6.07) is 29.9. The number of esters is 1. The van der Waals surface area contributed by atoms with Crippen LogP contribution in [0.15, 0.2) is 97.1 Å². The number of hydrogen-bond donors (Lipinski definition) is 2. The molecule has 0 radical (unpaired) electrons. The normalized spacial score (nSPS) is 13.7. The first kappa shape index (κ1) is 29.3. The van der Waals surface area contributed by atoms with Crippen LogP contribution in [-0.4, -0.2) is 20.7 Å². The molecule has 1 aromatic heterocycles. The molecule has 6 heteroatoms. The average Bonchev–Trinajstić information content (AvgIpc) is 3.46. The SMILES string of the molecule is CC1(C)Cc2c(-c3ccccc3)c(-c3ccc(Cl)cc3)c(CCC(=O)Oc3cc(O)cc(C=Cc4ccc(O)cc4)c3)n2C1. The number of fused-ring (bicyclic) bond motifs is 1. The summed E-state index contributed by atoms with van der Waals surface area (Å²) in [5.41, 5.74) is 8.62. The smallest absolute Gasteiger partial charge is 0.311 e. The summed E-state index contributed by atoms with van der Waals surface area (Å²) in [4.78, 5) is 13.2. The number of phenolic OH excluding ortho intramolecular Hbond substituents is 2. The van der Waals surface area contributed by atoms with Crippen molar-refractivity contribution in [2.24, 2.45) is 5.41 Å². The van der Waals surface area contributed by atoms with Gasteiger partial charge in [0.15, 0.2) is 0 Å². The van der Waals surface area contributed by atoms with Gasteiger partial charge in [0.1, 0.15) is 17.2 Å². The van der Waals surface area contributed by atoms with Crippen molar-refractivity contribution in [1.82, 2.24) is 4.57 Å². The third-order valence-electron chi connectivity index (χ3n) is 7.98. The molecule has 2 heterocycles. The van der Waals surface area contributed by atoms with Gasteiger partial charge in [0.2, 0.25) is 0 Å². The number of carbonyl (C=O) groups is 1. The number of aromatic nitrogens is 1. The summed E-state index contributed by atoms with van der Waals surface area (Å²) in [5, 5.41) is 20.5. The van der Waals surface area contributed by atoms with Crippen LogP contribution >= 0.6 is 11.6 Å². The van der Waals surface area contributed by atoms with Crippen LogP contribution in [0.2, 0.25) is 5.02 Å². The Morgan fingerprint density at radius 2 is 1.52 bits per heavy atom. The van der Waals surface area contributed by atoms with Crippen molar-refractivity contribution in [3.8, 4) is 39.5 Å². The van der Waals surface area contributed by atoms with Crippen molar-refractivity contribution < 1.29 is 19.7 Å². The topological polar surface area (TPSA) is 71.7 Å². The number of phenols is 2. The monoisotopic (exact) mass is 603 g/mol. The molecule has 0 bridgehead atoms. The van der Waals surface area contributed by atoms with E-state index in [9.17, 15) is 15.0 Å². The van der Waals surface area contributed by atoms with Crippen molar-refractivity contribution in [3.05, 3.63) is 125 Å². The zero-order valence-corrected chi connectivity index (χ0v) is 25.5. The first-order valence-corrected chi connectivity index (χ1v) is 15.1. The van der Waals surface area contributed by atoms with Gasteiger partial charge in [0.05, 0.1) is 6.42 Å². The van der Waals surface area contributed by atoms with Crippen molar-refractivity contribution in [2.45, 2.75) is 39.7 Å². The predicted octanol–water partition coefficient (Wildman–Crippen LogP) is 9.18. The Hall–Kier alpha value is -4.74. The van der Waals surface area contributed by atoms with E-state index in [1.807, 2.05) is 42.5 Å². The molecule has 2 N–H and O–H groups in total. The lowest BCUT2D eigenvalue weighted by Gasteiger charge is -2.19. The van der Waals surface area contributed by atoms with E-state index in [4.69, 9.17) is 16.3 Å². The van der Waals surface area contributed by atoms with E-state index >= 15 is 0 Å². The van der Waals surface area contributed by atoms with E-state index in [0.717, 1.165) is 40.9 Å². The second-order valence-electron chi connectivity index (χ2n) is 12.1. The average molecular weight is 604 g/mol. The Bertz CT molecular complexity index is 1840. The van der Waals surface area contributed by atoms with Gasteiger partial charge in [-0.2, -0.15) is 0 Å². The lowest BCUT2D eigenvalue weighted by molar-refractivity contribution is -0.134. The summed E-state index contributed by atoms with van der Waals surface area (Å²) in [5.74, 6) is 0.105. The van der Waals surface area contributed by atoms with Gasteiger partial charge >= 0.3 is 5.97 Å². The predicted molar refractivity (Wildman–Crippen MR) is 177 cm³/mol. The van der Waals surface area contributed by atoms with Gasteiger partial charge in [-0.15, -0.1) is 0 Å². The first-order valence-electron chi connectivity index (χ1n) is 14.7. The summed E-state index contributed by atoms with van der Waals surface area (Å²) in [6.07, 6.45) is 5.29. The second-order valence-corrected chi connectivity index (χ2v) is 12.5. The number of halogens is 1. The van der Waals surface area contributed by atoms with Gasteiger partial charge in [-0.3, -0.25) is 4.79 Å². The summed E-state index contributed by atoms with van der Waals surface area (Å²) in [7, 11) is 0. The number of benzene rings is 4. The van der Waals surface area contributed by atoms with Crippen molar-refractivity contribution >= 4 is 29.7 Å². The van der Waals surface area contributed by atoms with Crippen LogP contribution < -0.4 is 4.74 Å². The fourth-order valence-electron chi connectivity index (χ4n) is 6.08. The molecule has 44 heavy (non-hydrogen) atoms. The molecule has 5 aromatic rings. The minimum atomic E-state index is -0.375. The van der Waals surface area contributed by atoms with Crippen molar-refractivity contribution in [3.63, 3.8) is 0 Å². The maximum absolute atomic E-state index is 13.2. The van der Waals surface area contributed by atoms with E-state index in [2.05, 4.69) is 42.7 Å². The molecule has 0 spiro atoms. The zero-order valence-electron chi connectivity index (χ0n) is 24.8. The third-order valence-corrected chi connectivity index (χ3v) is 8.23. The highest BCUT2D eigenvalue weighted by molar-refractivity contribution is 6.30. The highest BCUT2D eigenvalue weighted by Crippen LogP contribution is 2.47. The van der Waals surface area contributed by atoms with Gasteiger partial charge in [-0.25, -0.2) is 0 Å². The van der Waals surface area contributed by atoms with Crippen LogP contribution in [-0.2, 0) is 24.2 Å². The molecule has 0 saturated carbocycles. The number of aromatic hydroxyl groups is 2. The summed E-state index contributed by atoms with van der Waals surface area (Å²) < 4.78 is 8.15. The van der Waals surface area contributed by atoms with Gasteiger partial charge < -0.3 is 19.5 Å². The Kier molecular flexibility index (Phi) is 8.07. The van der Waals surface area contributed by atoms with Crippen LogP contribution in [0.5, 0.6) is 17.2 Å². The van der Waals surface area contributed by atoms with Gasteiger partial charge in [-0.05, 0) is 76.9 Å². The van der Waals surface area contributed by atoms with Crippen LogP contribution in [0, 0.1) is 5.41 Å². The van der Waals surface area contributed by atoms with Crippen LogP contribution in [0.3, 0.4) is 0 Å². The van der Waals surface area contributed by atoms with Crippen LogP contribution in [0.1, 0.15) is 42.8 Å². The number of nitrogens with zero attached hydrogens (tertiary/aromatic N) is 1. The molecule has 222 valence electrons. The Morgan fingerprint density at radius 1 is 0.841 bits per heavy atom. The lowest BCUT2D eigenvalue weighted by atomic mass is 9.86. The van der Waals surface area contributed by atoms with Crippen molar-refractivity contribution in [2.75, 3.05) is 0 Å². The Balaban J connectivity index is 1.28. The van der Waals surface area contributed by atoms with E-state index in [1.165, 1.54) is 17.3 Å². The van der Waals surface area contributed by atoms with E-state index in [0.29, 0.717) is 17.0 Å². The van der Waals surface area contributed by atoms with E-state index < -0.39 is 0 Å². The standard InChI is InChI=1S/C38H34ClNO4/c1-38(2)23-34-37(27-6-4-3-5-7-27)36(28-12-14-29(39)15-13-28)33(40(34)24-38)18-19-35(43)44-32-21-26(20-31(42)22-32)9-8-25-10-16-30(41)17-11-25/h3-17,20-22,41-42H,18-19,23-24H2,1-2H3. The zero-order chi connectivity index (χ0) is 30.8. The maximum Gasteiger partial charge on any atom is 0.311 e. The number of rotatable bonds is 8. The Morgan fingerprint density at radius 3 is 2.25 bits per heavy atom. The van der Waals surface area contributed by atoms with E-state index in [1.54, 1.807) is 36.4 Å². The Labute approximate surface area is 262 Å². The molecule has 0 fully saturated rings. The quantitative estimate of drug-likeness (QED) is 0.105.